The van der Waals surface area contributed by atoms with E-state index in [1.807, 2.05) is 0 Å². The van der Waals surface area contributed by atoms with E-state index >= 15 is 0 Å². The first-order valence-electron chi connectivity index (χ1n) is 6.15. The van der Waals surface area contributed by atoms with Crippen LogP contribution in [0.4, 0.5) is 22.7 Å². The van der Waals surface area contributed by atoms with E-state index in [0.717, 1.165) is 0 Å². The Bertz CT molecular complexity index is 745. The summed E-state index contributed by atoms with van der Waals surface area (Å²) >= 11 is 0. The molecule has 0 spiro atoms. The van der Waals surface area contributed by atoms with Crippen molar-refractivity contribution in [3.8, 4) is 5.75 Å². The largest absolute Gasteiger partial charge is 0.495 e. The summed E-state index contributed by atoms with van der Waals surface area (Å²) in [6, 6.07) is 8.52. The Hall–Kier alpha value is -3.29. The molecular formula is C14H13N3O5. The third kappa shape index (κ3) is 2.90. The van der Waals surface area contributed by atoms with Crippen molar-refractivity contribution in [2.75, 3.05) is 18.2 Å². The molecule has 0 fully saturated rings. The summed E-state index contributed by atoms with van der Waals surface area (Å²) in [4.78, 5) is 21.8. The minimum atomic E-state index is -1.18. The number of nitrogens with two attached hydrogens (primary N) is 1. The number of rotatable bonds is 5. The van der Waals surface area contributed by atoms with E-state index in [0.29, 0.717) is 0 Å². The van der Waals surface area contributed by atoms with Gasteiger partial charge >= 0.3 is 5.97 Å². The van der Waals surface area contributed by atoms with Crippen LogP contribution in [0.3, 0.4) is 0 Å². The van der Waals surface area contributed by atoms with Crippen LogP contribution in [0.2, 0.25) is 0 Å². The molecule has 2 aromatic rings. The molecule has 22 heavy (non-hydrogen) atoms. The third-order valence-corrected chi connectivity index (χ3v) is 2.95. The number of hydrogen-bond donors (Lipinski definition) is 3. The molecule has 0 aliphatic rings. The molecule has 0 aliphatic carbocycles. The Morgan fingerprint density at radius 2 is 2.09 bits per heavy atom. The Labute approximate surface area is 125 Å². The minimum absolute atomic E-state index is 0.0644. The van der Waals surface area contributed by atoms with Gasteiger partial charge in [0.05, 0.1) is 23.3 Å². The number of nitro benzene ring substituents is 1. The fourth-order valence-electron chi connectivity index (χ4n) is 1.95. The number of ether oxygens (including phenoxy) is 1. The number of nitrogens with zero attached hydrogens (tertiary/aromatic N) is 1. The molecule has 0 bridgehead atoms. The molecule has 2 rings (SSSR count). The Morgan fingerprint density at radius 3 is 2.68 bits per heavy atom. The molecule has 8 nitrogen and oxygen atoms in total. The van der Waals surface area contributed by atoms with E-state index in [1.54, 1.807) is 6.07 Å². The summed E-state index contributed by atoms with van der Waals surface area (Å²) in [6.45, 7) is 0. The molecule has 0 unspecified atom stereocenters. The zero-order chi connectivity index (χ0) is 16.3. The molecule has 4 N–H and O–H groups in total. The fourth-order valence-corrected chi connectivity index (χ4v) is 1.95. The second kappa shape index (κ2) is 6.00. The van der Waals surface area contributed by atoms with E-state index in [4.69, 9.17) is 10.5 Å². The summed E-state index contributed by atoms with van der Waals surface area (Å²) in [5.41, 5.74) is 5.69. The van der Waals surface area contributed by atoms with Crippen LogP contribution in [0.25, 0.3) is 0 Å². The van der Waals surface area contributed by atoms with E-state index in [1.165, 1.54) is 37.4 Å². The highest BCUT2D eigenvalue weighted by Gasteiger charge is 2.19. The van der Waals surface area contributed by atoms with Gasteiger partial charge in [0.15, 0.2) is 0 Å². The zero-order valence-corrected chi connectivity index (χ0v) is 11.6. The molecule has 114 valence electrons. The minimum Gasteiger partial charge on any atom is -0.495 e. The SMILES string of the molecule is COc1cccc(C(=O)O)c1Nc1ccc(N)cc1[N+](=O)[O-]. The number of carboxylic acid groups (broad SMARTS) is 1. The summed E-state index contributed by atoms with van der Waals surface area (Å²) in [7, 11) is 1.38. The first-order valence-corrected chi connectivity index (χ1v) is 6.15. The highest BCUT2D eigenvalue weighted by Crippen LogP contribution is 2.35. The van der Waals surface area contributed by atoms with Gasteiger partial charge in [-0.25, -0.2) is 4.79 Å². The lowest BCUT2D eigenvalue weighted by Gasteiger charge is -2.14. The first kappa shape index (κ1) is 15.1. The van der Waals surface area contributed by atoms with Crippen molar-refractivity contribution in [3.05, 3.63) is 52.1 Å². The van der Waals surface area contributed by atoms with Crippen LogP contribution in [-0.2, 0) is 0 Å². The monoisotopic (exact) mass is 303 g/mol. The summed E-state index contributed by atoms with van der Waals surface area (Å²) in [6.07, 6.45) is 0. The molecule has 0 atom stereocenters. The van der Waals surface area contributed by atoms with Gasteiger partial charge in [-0.1, -0.05) is 6.07 Å². The molecule has 0 amide bonds. The lowest BCUT2D eigenvalue weighted by Crippen LogP contribution is -2.06. The van der Waals surface area contributed by atoms with E-state index in [9.17, 15) is 20.0 Å². The second-order valence-electron chi connectivity index (χ2n) is 4.35. The number of carboxylic acids is 1. The first-order chi connectivity index (χ1) is 10.4. The number of para-hydroxylation sites is 1. The second-order valence-corrected chi connectivity index (χ2v) is 4.35. The molecule has 0 saturated heterocycles. The maximum absolute atomic E-state index is 11.3. The normalized spacial score (nSPS) is 10.0. The van der Waals surface area contributed by atoms with Crippen LogP contribution in [-0.4, -0.2) is 23.1 Å². The fraction of sp³-hybridized carbons (Fsp3) is 0.0714. The number of nitro groups is 1. The van der Waals surface area contributed by atoms with E-state index in [-0.39, 0.29) is 34.1 Å². The van der Waals surface area contributed by atoms with E-state index in [2.05, 4.69) is 5.32 Å². The lowest BCUT2D eigenvalue weighted by molar-refractivity contribution is -0.383. The molecular weight excluding hydrogens is 290 g/mol. The van der Waals surface area contributed by atoms with Gasteiger partial charge in [-0.15, -0.1) is 0 Å². The summed E-state index contributed by atoms with van der Waals surface area (Å²) < 4.78 is 5.11. The van der Waals surface area contributed by atoms with Gasteiger partial charge in [-0.2, -0.15) is 0 Å². The average Bonchev–Trinajstić information content (AvgIpc) is 2.48. The van der Waals surface area contributed by atoms with Crippen LogP contribution < -0.4 is 15.8 Å². The van der Waals surface area contributed by atoms with Crippen molar-refractivity contribution in [2.24, 2.45) is 0 Å². The summed E-state index contributed by atoms with van der Waals surface area (Å²) in [5, 5.41) is 23.1. The van der Waals surface area contributed by atoms with Crippen LogP contribution in [0.5, 0.6) is 5.75 Å². The maximum atomic E-state index is 11.3. The summed E-state index contributed by atoms with van der Waals surface area (Å²) in [5.74, 6) is -0.925. The van der Waals surface area contributed by atoms with Crippen molar-refractivity contribution in [3.63, 3.8) is 0 Å². The number of aromatic carboxylic acids is 1. The van der Waals surface area contributed by atoms with Crippen molar-refractivity contribution < 1.29 is 19.6 Å². The molecule has 0 radical (unpaired) electrons. The predicted octanol–water partition coefficient (Wildman–Crippen LogP) is 2.63. The Kier molecular flexibility index (Phi) is 4.12. The molecule has 2 aromatic carbocycles. The van der Waals surface area contributed by atoms with Crippen molar-refractivity contribution in [1.29, 1.82) is 0 Å². The zero-order valence-electron chi connectivity index (χ0n) is 11.6. The molecule has 0 saturated carbocycles. The highest BCUT2D eigenvalue weighted by atomic mass is 16.6. The average molecular weight is 303 g/mol. The smallest absolute Gasteiger partial charge is 0.337 e. The predicted molar refractivity (Wildman–Crippen MR) is 80.7 cm³/mol. The molecule has 8 heteroatoms. The number of anilines is 3. The van der Waals surface area contributed by atoms with Gasteiger partial charge in [0, 0.05) is 11.8 Å². The number of methoxy groups -OCH3 is 1. The van der Waals surface area contributed by atoms with Crippen molar-refractivity contribution in [2.45, 2.75) is 0 Å². The van der Waals surface area contributed by atoms with Gasteiger partial charge in [-0.05, 0) is 24.3 Å². The Balaban J connectivity index is 2.56. The van der Waals surface area contributed by atoms with Gasteiger partial charge in [0.1, 0.15) is 11.4 Å². The highest BCUT2D eigenvalue weighted by molar-refractivity contribution is 5.97. The molecule has 0 aliphatic heterocycles. The number of carbonyl (C=O) groups is 1. The van der Waals surface area contributed by atoms with Gasteiger partial charge in [0.2, 0.25) is 0 Å². The van der Waals surface area contributed by atoms with E-state index < -0.39 is 10.9 Å². The van der Waals surface area contributed by atoms with Gasteiger partial charge < -0.3 is 20.9 Å². The van der Waals surface area contributed by atoms with Gasteiger partial charge in [0.25, 0.3) is 5.69 Å². The number of nitrogens with one attached hydrogen (secondary N) is 1. The number of hydrogen-bond acceptors (Lipinski definition) is 6. The quantitative estimate of drug-likeness (QED) is 0.440. The molecule has 0 aromatic heterocycles. The topological polar surface area (TPSA) is 128 Å². The van der Waals surface area contributed by atoms with Gasteiger partial charge in [-0.3, -0.25) is 10.1 Å². The molecule has 0 heterocycles. The maximum Gasteiger partial charge on any atom is 0.337 e. The van der Waals surface area contributed by atoms with Crippen molar-refractivity contribution >= 4 is 28.7 Å². The third-order valence-electron chi connectivity index (χ3n) is 2.95. The van der Waals surface area contributed by atoms with Crippen LogP contribution in [0, 0.1) is 10.1 Å². The number of nitrogen functional groups attached to an aromatic ring is 1. The van der Waals surface area contributed by atoms with Crippen molar-refractivity contribution in [1.82, 2.24) is 0 Å². The standard InChI is InChI=1S/C14H13N3O5/c1-22-12-4-2-3-9(14(18)19)13(12)16-10-6-5-8(15)7-11(10)17(20)21/h2-7,16H,15H2,1H3,(H,18,19). The number of benzene rings is 2. The lowest BCUT2D eigenvalue weighted by atomic mass is 10.1. The van der Waals surface area contributed by atoms with Crippen LogP contribution >= 0.6 is 0 Å². The van der Waals surface area contributed by atoms with Crippen LogP contribution in [0.1, 0.15) is 10.4 Å². The van der Waals surface area contributed by atoms with Crippen LogP contribution in [0.15, 0.2) is 36.4 Å². The Morgan fingerprint density at radius 1 is 1.36 bits per heavy atom.